The van der Waals surface area contributed by atoms with Gasteiger partial charge in [-0.15, -0.1) is 0 Å². The van der Waals surface area contributed by atoms with Gasteiger partial charge in [-0.1, -0.05) is 22.0 Å². The molecule has 3 amide bonds. The first-order valence-electron chi connectivity index (χ1n) is 10.4. The molecule has 0 aliphatic heterocycles. The molecule has 0 fully saturated rings. The number of hydrogen-bond acceptors (Lipinski definition) is 5. The molecular formula is C25H21BrN4O5. The first-order valence-corrected chi connectivity index (χ1v) is 11.2. The lowest BCUT2D eigenvalue weighted by Gasteiger charge is -2.13. The molecule has 10 heteroatoms. The summed E-state index contributed by atoms with van der Waals surface area (Å²) in [6, 6.07) is 20.4. The largest absolute Gasteiger partial charge is 0.497 e. The van der Waals surface area contributed by atoms with Crippen LogP contribution in [0.25, 0.3) is 10.9 Å². The number of nitrogens with zero attached hydrogens (tertiary/aromatic N) is 1. The lowest BCUT2D eigenvalue weighted by Crippen LogP contribution is -2.36. The highest BCUT2D eigenvalue weighted by atomic mass is 79.9. The fourth-order valence-corrected chi connectivity index (χ4v) is 3.76. The van der Waals surface area contributed by atoms with Crippen molar-refractivity contribution < 1.29 is 23.9 Å². The molecule has 0 bridgehead atoms. The predicted octanol–water partition coefficient (Wildman–Crippen LogP) is 4.38. The quantitative estimate of drug-likeness (QED) is 0.316. The first kappa shape index (κ1) is 23.8. The summed E-state index contributed by atoms with van der Waals surface area (Å²) in [5, 5.41) is 6.00. The van der Waals surface area contributed by atoms with Crippen LogP contribution < -0.4 is 25.5 Å². The van der Waals surface area contributed by atoms with Crippen molar-refractivity contribution in [2.24, 2.45) is 0 Å². The van der Waals surface area contributed by atoms with Crippen molar-refractivity contribution in [2.45, 2.75) is 0 Å². The molecular weight excluding hydrogens is 516 g/mol. The highest BCUT2D eigenvalue weighted by Gasteiger charge is 2.21. The summed E-state index contributed by atoms with van der Waals surface area (Å²) in [5.74, 6) is -1.15. The second kappa shape index (κ2) is 10.3. The fourth-order valence-electron chi connectivity index (χ4n) is 3.38. The van der Waals surface area contributed by atoms with Crippen LogP contribution in [0.3, 0.4) is 0 Å². The Hall–Kier alpha value is -4.31. The van der Waals surface area contributed by atoms with E-state index in [4.69, 9.17) is 9.47 Å². The van der Waals surface area contributed by atoms with Gasteiger partial charge >= 0.3 is 11.8 Å². The van der Waals surface area contributed by atoms with Crippen molar-refractivity contribution in [1.29, 1.82) is 0 Å². The van der Waals surface area contributed by atoms with Crippen LogP contribution >= 0.6 is 15.9 Å². The fraction of sp³-hybridized carbons (Fsp3) is 0.0800. The molecule has 0 saturated carbocycles. The number of ether oxygens (including phenoxy) is 2. The summed E-state index contributed by atoms with van der Waals surface area (Å²) in [4.78, 5) is 38.4. The van der Waals surface area contributed by atoms with Gasteiger partial charge in [-0.25, -0.2) is 4.68 Å². The second-order valence-corrected chi connectivity index (χ2v) is 8.29. The van der Waals surface area contributed by atoms with Crippen LogP contribution in [0.5, 0.6) is 11.5 Å². The lowest BCUT2D eigenvalue weighted by atomic mass is 10.2. The molecule has 1 aromatic heterocycles. The Morgan fingerprint density at radius 2 is 1.51 bits per heavy atom. The number of nitrogens with one attached hydrogen (secondary N) is 3. The minimum Gasteiger partial charge on any atom is -0.497 e. The number of anilines is 2. The molecule has 0 saturated heterocycles. The molecule has 0 radical (unpaired) electrons. The van der Waals surface area contributed by atoms with Gasteiger partial charge in [0.05, 0.1) is 19.7 Å². The van der Waals surface area contributed by atoms with Gasteiger partial charge in [-0.2, -0.15) is 0 Å². The number of fused-ring (bicyclic) bond motifs is 1. The predicted molar refractivity (Wildman–Crippen MR) is 137 cm³/mol. The number of benzene rings is 3. The molecule has 3 N–H and O–H groups in total. The number of aromatic nitrogens is 1. The van der Waals surface area contributed by atoms with Gasteiger partial charge in [0.1, 0.15) is 17.2 Å². The second-order valence-electron chi connectivity index (χ2n) is 7.38. The van der Waals surface area contributed by atoms with E-state index < -0.39 is 17.7 Å². The van der Waals surface area contributed by atoms with E-state index in [9.17, 15) is 14.4 Å². The van der Waals surface area contributed by atoms with E-state index in [1.165, 1.54) is 11.8 Å². The Morgan fingerprint density at radius 1 is 0.771 bits per heavy atom. The average molecular weight is 537 g/mol. The Labute approximate surface area is 209 Å². The molecule has 0 aliphatic carbocycles. The van der Waals surface area contributed by atoms with Crippen LogP contribution in [-0.2, 0) is 9.59 Å². The molecule has 178 valence electrons. The molecule has 3 aromatic carbocycles. The smallest absolute Gasteiger partial charge is 0.328 e. The van der Waals surface area contributed by atoms with Crippen LogP contribution in [-0.4, -0.2) is 36.6 Å². The van der Waals surface area contributed by atoms with Crippen molar-refractivity contribution in [3.05, 3.63) is 83.0 Å². The van der Waals surface area contributed by atoms with Crippen molar-refractivity contribution >= 4 is 55.9 Å². The maximum absolute atomic E-state index is 13.1. The third-order valence-electron chi connectivity index (χ3n) is 5.09. The van der Waals surface area contributed by atoms with Gasteiger partial charge in [-0.05, 0) is 60.7 Å². The number of halogens is 1. The van der Waals surface area contributed by atoms with Crippen molar-refractivity contribution in [3.63, 3.8) is 0 Å². The number of carbonyl (C=O) groups excluding carboxylic acids is 3. The summed E-state index contributed by atoms with van der Waals surface area (Å²) in [5.41, 5.74) is 4.13. The zero-order chi connectivity index (χ0) is 24.9. The van der Waals surface area contributed by atoms with Crippen LogP contribution in [0.15, 0.2) is 77.3 Å². The standard InChI is InChI=1S/C25H21BrN4O5/c1-34-19-9-7-17(8-10-19)27-23(31)22-13-15-12-16(26)6-11-21(15)30(22)29-25(33)24(32)28-18-4-3-5-20(14-18)35-2/h3-14H,1-2H3,(H,27,31)(H,28,32)(H,29,33). The van der Waals surface area contributed by atoms with E-state index in [1.54, 1.807) is 79.9 Å². The Bertz CT molecular complexity index is 1420. The summed E-state index contributed by atoms with van der Waals surface area (Å²) >= 11 is 3.41. The summed E-state index contributed by atoms with van der Waals surface area (Å²) in [6.07, 6.45) is 0. The Kier molecular flexibility index (Phi) is 7.02. The summed E-state index contributed by atoms with van der Waals surface area (Å²) in [7, 11) is 3.05. The lowest BCUT2D eigenvalue weighted by molar-refractivity contribution is -0.133. The van der Waals surface area contributed by atoms with Gasteiger partial charge < -0.3 is 20.1 Å². The van der Waals surface area contributed by atoms with E-state index in [-0.39, 0.29) is 5.69 Å². The van der Waals surface area contributed by atoms with Crippen molar-refractivity contribution in [3.8, 4) is 11.5 Å². The molecule has 4 aromatic rings. The first-order chi connectivity index (χ1) is 16.9. The van der Waals surface area contributed by atoms with Crippen LogP contribution in [0.1, 0.15) is 10.5 Å². The number of carbonyl (C=O) groups is 3. The summed E-state index contributed by atoms with van der Waals surface area (Å²) in [6.45, 7) is 0. The molecule has 4 rings (SSSR count). The summed E-state index contributed by atoms with van der Waals surface area (Å²) < 4.78 is 12.4. The Morgan fingerprint density at radius 3 is 2.23 bits per heavy atom. The van der Waals surface area contributed by atoms with Gasteiger partial charge in [0, 0.05) is 27.3 Å². The maximum atomic E-state index is 13.1. The monoisotopic (exact) mass is 536 g/mol. The SMILES string of the molecule is COc1ccc(NC(=O)c2cc3cc(Br)ccc3n2NC(=O)C(=O)Nc2cccc(OC)c2)cc1. The Balaban J connectivity index is 1.60. The number of rotatable bonds is 6. The van der Waals surface area contributed by atoms with Gasteiger partial charge in [0.25, 0.3) is 5.91 Å². The topological polar surface area (TPSA) is 111 Å². The van der Waals surface area contributed by atoms with Crippen LogP contribution in [0, 0.1) is 0 Å². The van der Waals surface area contributed by atoms with Gasteiger partial charge in [-0.3, -0.25) is 19.8 Å². The molecule has 1 heterocycles. The minimum atomic E-state index is -0.952. The average Bonchev–Trinajstić information content (AvgIpc) is 3.21. The highest BCUT2D eigenvalue weighted by Crippen LogP contribution is 2.24. The number of amides is 3. The van der Waals surface area contributed by atoms with E-state index in [0.29, 0.717) is 33.8 Å². The van der Waals surface area contributed by atoms with E-state index in [1.807, 2.05) is 0 Å². The third kappa shape index (κ3) is 5.44. The van der Waals surface area contributed by atoms with E-state index in [2.05, 4.69) is 32.0 Å². The molecule has 35 heavy (non-hydrogen) atoms. The van der Waals surface area contributed by atoms with Gasteiger partial charge in [0.15, 0.2) is 0 Å². The highest BCUT2D eigenvalue weighted by molar-refractivity contribution is 9.10. The maximum Gasteiger partial charge on any atom is 0.328 e. The van der Waals surface area contributed by atoms with E-state index in [0.717, 1.165) is 4.47 Å². The molecule has 0 spiro atoms. The number of methoxy groups -OCH3 is 2. The van der Waals surface area contributed by atoms with Crippen molar-refractivity contribution in [1.82, 2.24) is 4.68 Å². The van der Waals surface area contributed by atoms with Crippen LogP contribution in [0.2, 0.25) is 0 Å². The molecule has 0 atom stereocenters. The molecule has 0 unspecified atom stereocenters. The van der Waals surface area contributed by atoms with Crippen molar-refractivity contribution in [2.75, 3.05) is 30.3 Å². The third-order valence-corrected chi connectivity index (χ3v) is 5.58. The zero-order valence-electron chi connectivity index (χ0n) is 18.8. The number of hydrogen-bond donors (Lipinski definition) is 3. The molecule has 0 aliphatic rings. The molecule has 9 nitrogen and oxygen atoms in total. The normalized spacial score (nSPS) is 10.5. The minimum absolute atomic E-state index is 0.136. The van der Waals surface area contributed by atoms with Crippen LogP contribution in [0.4, 0.5) is 11.4 Å². The van der Waals surface area contributed by atoms with E-state index >= 15 is 0 Å². The zero-order valence-corrected chi connectivity index (χ0v) is 20.4. The van der Waals surface area contributed by atoms with Gasteiger partial charge in [0.2, 0.25) is 0 Å².